The van der Waals surface area contributed by atoms with Gasteiger partial charge in [0, 0.05) is 19.4 Å². The van der Waals surface area contributed by atoms with Crippen LogP contribution in [0.25, 0.3) is 0 Å². The Balaban J connectivity index is 1.07. The van der Waals surface area contributed by atoms with Crippen molar-refractivity contribution in [2.24, 2.45) is 46.3 Å². The van der Waals surface area contributed by atoms with Crippen LogP contribution in [0.4, 0.5) is 0 Å². The van der Waals surface area contributed by atoms with Crippen LogP contribution in [0.15, 0.2) is 0 Å². The van der Waals surface area contributed by atoms with E-state index < -0.39 is 0 Å². The largest absolute Gasteiger partial charge is 0.393 e. The quantitative estimate of drug-likeness (QED) is 0.314. The summed E-state index contributed by atoms with van der Waals surface area (Å²) in [4.78, 5) is 12.8. The highest BCUT2D eigenvalue weighted by molar-refractivity contribution is 5.75. The number of hydrogen-bond donors (Lipinski definition) is 2. The molecule has 1 heterocycles. The minimum absolute atomic E-state index is 0.0474. The first kappa shape index (κ1) is 29.8. The molecule has 1 aliphatic heterocycles. The van der Waals surface area contributed by atoms with Crippen LogP contribution in [0.2, 0.25) is 0 Å². The van der Waals surface area contributed by atoms with Gasteiger partial charge < -0.3 is 19.4 Å². The topological polar surface area (TPSA) is 49.3 Å². The molecule has 4 saturated carbocycles. The first-order valence-corrected chi connectivity index (χ1v) is 17.0. The lowest BCUT2D eigenvalue weighted by Crippen LogP contribution is -2.62. The van der Waals surface area contributed by atoms with Gasteiger partial charge in [0.25, 0.3) is 0 Å². The van der Waals surface area contributed by atoms with E-state index in [0.717, 1.165) is 66.3 Å². The molecule has 1 saturated heterocycles. The number of carbonyl (C=O) groups excluding carboxylic acids is 1. The summed E-state index contributed by atoms with van der Waals surface area (Å²) in [5.74, 6) is 5.09. The summed E-state index contributed by atoms with van der Waals surface area (Å²) < 4.78 is 2.31. The minimum atomic E-state index is -0.0474. The van der Waals surface area contributed by atoms with Gasteiger partial charge in [-0.05, 0) is 111 Å². The number of quaternary nitrogens is 2. The maximum absolute atomic E-state index is 12.8. The molecule has 5 aliphatic rings. The zero-order valence-corrected chi connectivity index (χ0v) is 26.5. The third-order valence-corrected chi connectivity index (χ3v) is 13.9. The van der Waals surface area contributed by atoms with Crippen LogP contribution in [-0.2, 0) is 4.79 Å². The van der Waals surface area contributed by atoms with E-state index in [0.29, 0.717) is 23.2 Å². The van der Waals surface area contributed by atoms with Crippen LogP contribution in [0.3, 0.4) is 0 Å². The highest BCUT2D eigenvalue weighted by Crippen LogP contribution is 2.68. The van der Waals surface area contributed by atoms with Gasteiger partial charge in [-0.2, -0.15) is 0 Å². The van der Waals surface area contributed by atoms with Crippen molar-refractivity contribution < 1.29 is 18.9 Å². The summed E-state index contributed by atoms with van der Waals surface area (Å²) in [7, 11) is 7.09. The summed E-state index contributed by atoms with van der Waals surface area (Å²) in [5.41, 5.74) is 0.934. The molecule has 39 heavy (non-hydrogen) atoms. The Morgan fingerprint density at radius 1 is 0.923 bits per heavy atom. The standard InChI is InChI=1S/C34H62N3O2/c1-25(8-13-32(39)35-18-7-19-37(6)22-20-36(4,5)21-23-37)29-11-12-30-28-10-9-26-24-27(38)14-16-33(26,2)31(28)15-17-34(29,30)3/h25-31,38H,7-24H2,1-6H3/q+1/p+1/t25-,26-,27-,28+,29-,30+,31+,33?,34-/m1/s1. The Hall–Kier alpha value is -0.650. The molecule has 0 bridgehead atoms. The van der Waals surface area contributed by atoms with E-state index >= 15 is 0 Å². The van der Waals surface area contributed by atoms with Gasteiger partial charge in [-0.25, -0.2) is 0 Å². The summed E-state index contributed by atoms with van der Waals surface area (Å²) in [6.45, 7) is 14.7. The lowest BCUT2D eigenvalue weighted by molar-refractivity contribution is -1.01. The second kappa shape index (κ2) is 11.2. The van der Waals surface area contributed by atoms with Gasteiger partial charge in [0.2, 0.25) is 5.91 Å². The predicted molar refractivity (Wildman–Crippen MR) is 160 cm³/mol. The highest BCUT2D eigenvalue weighted by Gasteiger charge is 2.60. The Bertz CT molecular complexity index is 865. The highest BCUT2D eigenvalue weighted by atomic mass is 16.3. The SMILES string of the molecule is C[C@H](CCC(=O)NCCC[N+]1(C)CC[N+](C)(C)CC1)[C@H]1CC[C@H]2[C@@H]3CC[C@@H]4C[C@H](O)CCC4(C)[C@H]3CC[C@]12C. The maximum atomic E-state index is 12.8. The summed E-state index contributed by atoms with van der Waals surface area (Å²) >= 11 is 0. The van der Waals surface area contributed by atoms with Crippen molar-refractivity contribution in [1.82, 2.24) is 5.32 Å². The number of nitrogens with zero attached hydrogens (tertiary/aromatic N) is 2. The maximum Gasteiger partial charge on any atom is 0.220 e. The molecule has 0 spiro atoms. The van der Waals surface area contributed by atoms with Gasteiger partial charge in [0.1, 0.15) is 26.2 Å². The molecule has 0 aromatic heterocycles. The fraction of sp³-hybridized carbons (Fsp3) is 0.971. The Morgan fingerprint density at radius 3 is 2.36 bits per heavy atom. The minimum Gasteiger partial charge on any atom is -0.393 e. The van der Waals surface area contributed by atoms with Gasteiger partial charge in [-0.15, -0.1) is 0 Å². The molecule has 0 aromatic carbocycles. The molecule has 2 N–H and O–H groups in total. The molecule has 1 amide bonds. The fourth-order valence-corrected chi connectivity index (χ4v) is 11.0. The van der Waals surface area contributed by atoms with Crippen molar-refractivity contribution in [3.63, 3.8) is 0 Å². The van der Waals surface area contributed by atoms with E-state index in [9.17, 15) is 9.90 Å². The van der Waals surface area contributed by atoms with E-state index in [-0.39, 0.29) is 12.0 Å². The van der Waals surface area contributed by atoms with Gasteiger partial charge in [0.05, 0.1) is 33.8 Å². The second-order valence-corrected chi connectivity index (χ2v) is 16.7. The van der Waals surface area contributed by atoms with Gasteiger partial charge >= 0.3 is 0 Å². The van der Waals surface area contributed by atoms with Gasteiger partial charge in [-0.3, -0.25) is 4.79 Å². The lowest BCUT2D eigenvalue weighted by Gasteiger charge is -2.61. The van der Waals surface area contributed by atoms with Crippen LogP contribution >= 0.6 is 0 Å². The van der Waals surface area contributed by atoms with Crippen molar-refractivity contribution in [3.8, 4) is 0 Å². The van der Waals surface area contributed by atoms with E-state index in [2.05, 4.69) is 47.2 Å². The molecular formula is C34H63N3O2+2. The molecule has 0 radical (unpaired) electrons. The number of amides is 1. The average molecular weight is 546 g/mol. The van der Waals surface area contributed by atoms with Crippen molar-refractivity contribution in [3.05, 3.63) is 0 Å². The van der Waals surface area contributed by atoms with E-state index in [1.165, 1.54) is 82.2 Å². The number of nitrogens with one attached hydrogen (secondary N) is 1. The first-order valence-electron chi connectivity index (χ1n) is 17.0. The van der Waals surface area contributed by atoms with Crippen LogP contribution in [-0.4, -0.2) is 86.5 Å². The van der Waals surface area contributed by atoms with Crippen LogP contribution < -0.4 is 5.32 Å². The van der Waals surface area contributed by atoms with Crippen molar-refractivity contribution in [2.45, 2.75) is 104 Å². The fourth-order valence-electron chi connectivity index (χ4n) is 11.0. The van der Waals surface area contributed by atoms with Crippen molar-refractivity contribution >= 4 is 5.91 Å². The zero-order valence-electron chi connectivity index (χ0n) is 26.5. The number of aliphatic hydroxyl groups excluding tert-OH is 1. The molecule has 224 valence electrons. The third-order valence-electron chi connectivity index (χ3n) is 13.9. The number of piperazine rings is 1. The normalized spacial score (nSPS) is 43.6. The van der Waals surface area contributed by atoms with Crippen molar-refractivity contribution in [2.75, 3.05) is 60.4 Å². The number of carbonyl (C=O) groups is 1. The van der Waals surface area contributed by atoms with Crippen LogP contribution in [0.1, 0.15) is 97.8 Å². The molecular weight excluding hydrogens is 482 g/mol. The second-order valence-electron chi connectivity index (χ2n) is 16.7. The van der Waals surface area contributed by atoms with E-state index in [4.69, 9.17) is 0 Å². The number of aliphatic hydroxyl groups is 1. The number of likely N-dealkylation sites (N-methyl/N-ethyl adjacent to an activating group) is 2. The molecule has 5 fully saturated rings. The molecule has 9 atom stereocenters. The van der Waals surface area contributed by atoms with Crippen molar-refractivity contribution in [1.29, 1.82) is 0 Å². The summed E-state index contributed by atoms with van der Waals surface area (Å²) in [5, 5.41) is 13.6. The molecule has 0 aromatic rings. The van der Waals surface area contributed by atoms with Gasteiger partial charge in [0.15, 0.2) is 0 Å². The lowest BCUT2D eigenvalue weighted by atomic mass is 9.44. The molecule has 5 rings (SSSR count). The molecule has 4 aliphatic carbocycles. The van der Waals surface area contributed by atoms with Crippen LogP contribution in [0, 0.1) is 46.3 Å². The molecule has 5 heteroatoms. The number of hydrogen-bond acceptors (Lipinski definition) is 2. The third kappa shape index (κ3) is 5.98. The summed E-state index contributed by atoms with van der Waals surface area (Å²) in [6.07, 6.45) is 14.4. The Morgan fingerprint density at radius 2 is 1.62 bits per heavy atom. The van der Waals surface area contributed by atoms with Crippen LogP contribution in [0.5, 0.6) is 0 Å². The Labute approximate surface area is 240 Å². The number of fused-ring (bicyclic) bond motifs is 5. The zero-order chi connectivity index (χ0) is 28.1. The first-order chi connectivity index (χ1) is 18.4. The molecule has 1 unspecified atom stereocenters. The van der Waals surface area contributed by atoms with Gasteiger partial charge in [-0.1, -0.05) is 20.8 Å². The monoisotopic (exact) mass is 545 g/mol. The average Bonchev–Trinajstić information content (AvgIpc) is 3.25. The summed E-state index contributed by atoms with van der Waals surface area (Å²) in [6, 6.07) is 0. The molecule has 5 nitrogen and oxygen atoms in total. The predicted octanol–water partition coefficient (Wildman–Crippen LogP) is 5.47. The van der Waals surface area contributed by atoms with E-state index in [1.54, 1.807) is 0 Å². The van der Waals surface area contributed by atoms with E-state index in [1.807, 2.05) is 0 Å². The number of rotatable bonds is 8. The Kier molecular flexibility index (Phi) is 8.57. The smallest absolute Gasteiger partial charge is 0.220 e.